The van der Waals surface area contributed by atoms with Crippen molar-refractivity contribution in [3.8, 4) is 0 Å². The van der Waals surface area contributed by atoms with E-state index < -0.39 is 0 Å². The number of carbonyl (C=O) groups is 1. The molecule has 0 spiro atoms. The van der Waals surface area contributed by atoms with Crippen LogP contribution < -0.4 is 10.2 Å². The van der Waals surface area contributed by atoms with Crippen LogP contribution in [0, 0.1) is 0 Å². The van der Waals surface area contributed by atoms with Gasteiger partial charge in [0, 0.05) is 51.7 Å². The number of pyridine rings is 1. The first-order valence-electron chi connectivity index (χ1n) is 8.28. The molecule has 3 rings (SSSR count). The maximum absolute atomic E-state index is 12.6. The third kappa shape index (κ3) is 3.67. The lowest BCUT2D eigenvalue weighted by Crippen LogP contribution is -2.48. The molecule has 1 N–H and O–H groups in total. The topological polar surface area (TPSA) is 66.3 Å². The summed E-state index contributed by atoms with van der Waals surface area (Å²) in [6, 6.07) is 4.02. The molecule has 1 amide bonds. The zero-order valence-electron chi connectivity index (χ0n) is 14.4. The van der Waals surface area contributed by atoms with E-state index in [1.54, 1.807) is 10.9 Å². The average molecular weight is 328 g/mol. The predicted molar refractivity (Wildman–Crippen MR) is 94.3 cm³/mol. The average Bonchev–Trinajstić information content (AvgIpc) is 3.01. The molecule has 128 valence electrons. The summed E-state index contributed by atoms with van der Waals surface area (Å²) in [4.78, 5) is 21.1. The van der Waals surface area contributed by atoms with Gasteiger partial charge in [0.15, 0.2) is 0 Å². The third-order valence-corrected chi connectivity index (χ3v) is 4.07. The molecule has 0 saturated carbocycles. The van der Waals surface area contributed by atoms with E-state index in [0.29, 0.717) is 24.7 Å². The molecular weight excluding hydrogens is 304 g/mol. The maximum Gasteiger partial charge on any atom is 0.255 e. The second-order valence-corrected chi connectivity index (χ2v) is 6.38. The first-order chi connectivity index (χ1) is 11.5. The Morgan fingerprint density at radius 3 is 2.46 bits per heavy atom. The molecule has 0 bridgehead atoms. The zero-order chi connectivity index (χ0) is 17.1. The largest absolute Gasteiger partial charge is 0.368 e. The molecule has 2 aromatic heterocycles. The number of aryl methyl sites for hydroxylation is 1. The Bertz CT molecular complexity index is 685. The molecule has 2 aromatic rings. The molecule has 0 unspecified atom stereocenters. The molecule has 7 heteroatoms. The van der Waals surface area contributed by atoms with Crippen molar-refractivity contribution in [2.24, 2.45) is 7.05 Å². The molecule has 0 atom stereocenters. The van der Waals surface area contributed by atoms with Crippen LogP contribution in [-0.2, 0) is 7.05 Å². The van der Waals surface area contributed by atoms with Gasteiger partial charge < -0.3 is 15.1 Å². The number of nitrogens with one attached hydrogen (secondary N) is 1. The monoisotopic (exact) mass is 328 g/mol. The number of aromatic nitrogens is 3. The summed E-state index contributed by atoms with van der Waals surface area (Å²) in [7, 11) is 1.91. The van der Waals surface area contributed by atoms with E-state index in [9.17, 15) is 4.79 Å². The highest BCUT2D eigenvalue weighted by Gasteiger charge is 2.23. The summed E-state index contributed by atoms with van der Waals surface area (Å²) in [6.45, 7) is 7.17. The summed E-state index contributed by atoms with van der Waals surface area (Å²) >= 11 is 0. The van der Waals surface area contributed by atoms with Crippen molar-refractivity contribution >= 4 is 17.4 Å². The molecule has 1 aliphatic rings. The van der Waals surface area contributed by atoms with Crippen molar-refractivity contribution in [2.45, 2.75) is 19.9 Å². The van der Waals surface area contributed by atoms with Crippen LogP contribution in [0.4, 0.5) is 11.5 Å². The van der Waals surface area contributed by atoms with Crippen LogP contribution in [0.2, 0.25) is 0 Å². The normalized spacial score (nSPS) is 15.0. The van der Waals surface area contributed by atoms with Crippen molar-refractivity contribution in [1.29, 1.82) is 0 Å². The minimum absolute atomic E-state index is 0.0458. The van der Waals surface area contributed by atoms with E-state index >= 15 is 0 Å². The molecule has 0 aromatic carbocycles. The number of nitrogens with zero attached hydrogens (tertiary/aromatic N) is 5. The van der Waals surface area contributed by atoms with E-state index in [-0.39, 0.29) is 5.91 Å². The van der Waals surface area contributed by atoms with E-state index in [4.69, 9.17) is 0 Å². The van der Waals surface area contributed by atoms with Crippen LogP contribution in [0.1, 0.15) is 24.2 Å². The Kier molecular flexibility index (Phi) is 4.69. The third-order valence-electron chi connectivity index (χ3n) is 4.07. The number of carbonyl (C=O) groups excluding carboxylic acids is 1. The molecule has 24 heavy (non-hydrogen) atoms. The molecule has 0 radical (unpaired) electrons. The van der Waals surface area contributed by atoms with Crippen LogP contribution in [0.3, 0.4) is 0 Å². The minimum Gasteiger partial charge on any atom is -0.368 e. The highest BCUT2D eigenvalue weighted by atomic mass is 16.2. The highest BCUT2D eigenvalue weighted by molar-refractivity contribution is 5.94. The van der Waals surface area contributed by atoms with Gasteiger partial charge in [-0.2, -0.15) is 5.10 Å². The van der Waals surface area contributed by atoms with Gasteiger partial charge in [-0.25, -0.2) is 4.98 Å². The van der Waals surface area contributed by atoms with Gasteiger partial charge in [-0.3, -0.25) is 9.48 Å². The standard InChI is InChI=1S/C17H24N6O/c1-13(2)20-16-5-4-14(10-18-16)17(24)23-8-6-22(7-9-23)15-11-19-21(3)12-15/h4-5,10-13H,6-9H2,1-3H3,(H,18,20). The summed E-state index contributed by atoms with van der Waals surface area (Å²) in [5, 5.41) is 7.43. The lowest BCUT2D eigenvalue weighted by Gasteiger charge is -2.35. The lowest BCUT2D eigenvalue weighted by atomic mass is 10.2. The van der Waals surface area contributed by atoms with Gasteiger partial charge in [-0.15, -0.1) is 0 Å². The van der Waals surface area contributed by atoms with Crippen LogP contribution in [0.25, 0.3) is 0 Å². The Hall–Kier alpha value is -2.57. The van der Waals surface area contributed by atoms with Gasteiger partial charge in [0.05, 0.1) is 17.4 Å². The number of piperazine rings is 1. The number of rotatable bonds is 4. The number of amides is 1. The minimum atomic E-state index is 0.0458. The van der Waals surface area contributed by atoms with Crippen molar-refractivity contribution < 1.29 is 4.79 Å². The quantitative estimate of drug-likeness (QED) is 0.923. The van der Waals surface area contributed by atoms with Crippen molar-refractivity contribution in [3.63, 3.8) is 0 Å². The Balaban J connectivity index is 1.58. The molecule has 0 aliphatic carbocycles. The van der Waals surface area contributed by atoms with Gasteiger partial charge >= 0.3 is 0 Å². The lowest BCUT2D eigenvalue weighted by molar-refractivity contribution is 0.0746. The molecule has 1 saturated heterocycles. The van der Waals surface area contributed by atoms with Gasteiger partial charge in [-0.1, -0.05) is 0 Å². The summed E-state index contributed by atoms with van der Waals surface area (Å²) in [5.74, 6) is 0.840. The van der Waals surface area contributed by atoms with Crippen LogP contribution in [0.15, 0.2) is 30.7 Å². The first-order valence-corrected chi connectivity index (χ1v) is 8.28. The van der Waals surface area contributed by atoms with Crippen LogP contribution >= 0.6 is 0 Å². The molecule has 1 fully saturated rings. The van der Waals surface area contributed by atoms with Gasteiger partial charge in [0.25, 0.3) is 5.91 Å². The molecule has 1 aliphatic heterocycles. The predicted octanol–water partition coefficient (Wildman–Crippen LogP) is 1.60. The summed E-state index contributed by atoms with van der Waals surface area (Å²) in [6.07, 6.45) is 5.52. The zero-order valence-corrected chi connectivity index (χ0v) is 14.4. The van der Waals surface area contributed by atoms with Crippen LogP contribution in [0.5, 0.6) is 0 Å². The SMILES string of the molecule is CC(C)Nc1ccc(C(=O)N2CCN(c3cnn(C)c3)CC2)cn1. The molecule has 3 heterocycles. The maximum atomic E-state index is 12.6. The smallest absolute Gasteiger partial charge is 0.255 e. The van der Waals surface area contributed by atoms with Crippen LogP contribution in [-0.4, -0.2) is 57.8 Å². The Morgan fingerprint density at radius 2 is 1.92 bits per heavy atom. The first kappa shape index (κ1) is 16.3. The fourth-order valence-corrected chi connectivity index (χ4v) is 2.82. The fraction of sp³-hybridized carbons (Fsp3) is 0.471. The number of hydrogen-bond acceptors (Lipinski definition) is 5. The van der Waals surface area contributed by atoms with Crippen molar-refractivity contribution in [1.82, 2.24) is 19.7 Å². The number of anilines is 2. The van der Waals surface area contributed by atoms with Gasteiger partial charge in [0.1, 0.15) is 5.82 Å². The summed E-state index contributed by atoms with van der Waals surface area (Å²) in [5.41, 5.74) is 1.74. The highest BCUT2D eigenvalue weighted by Crippen LogP contribution is 2.16. The van der Waals surface area contributed by atoms with E-state index in [0.717, 1.165) is 24.6 Å². The Labute approximate surface area is 142 Å². The van der Waals surface area contributed by atoms with E-state index in [1.807, 2.05) is 36.5 Å². The molecular formula is C17H24N6O. The second-order valence-electron chi connectivity index (χ2n) is 6.38. The molecule has 7 nitrogen and oxygen atoms in total. The number of hydrogen-bond donors (Lipinski definition) is 1. The second kappa shape index (κ2) is 6.90. The fourth-order valence-electron chi connectivity index (χ4n) is 2.82. The summed E-state index contributed by atoms with van der Waals surface area (Å²) < 4.78 is 1.80. The van der Waals surface area contributed by atoms with Crippen molar-refractivity contribution in [2.75, 3.05) is 36.4 Å². The van der Waals surface area contributed by atoms with E-state index in [1.165, 1.54) is 0 Å². The van der Waals surface area contributed by atoms with E-state index in [2.05, 4.69) is 34.1 Å². The van der Waals surface area contributed by atoms with Gasteiger partial charge in [-0.05, 0) is 26.0 Å². The van der Waals surface area contributed by atoms with Crippen molar-refractivity contribution in [3.05, 3.63) is 36.3 Å². The Morgan fingerprint density at radius 1 is 1.17 bits per heavy atom. The van der Waals surface area contributed by atoms with Gasteiger partial charge in [0.2, 0.25) is 0 Å².